The van der Waals surface area contributed by atoms with Crippen molar-refractivity contribution in [2.24, 2.45) is 17.8 Å². The highest BCUT2D eigenvalue weighted by atomic mass is 16.5. The van der Waals surface area contributed by atoms with Crippen LogP contribution in [0.4, 0.5) is 5.69 Å². The Morgan fingerprint density at radius 1 is 0.674 bits per heavy atom. The predicted octanol–water partition coefficient (Wildman–Crippen LogP) is 5.71. The molecule has 0 bridgehead atoms. The Hall–Kier alpha value is -4.02. The molecule has 2 saturated heterocycles. The fourth-order valence-electron chi connectivity index (χ4n) is 5.76. The lowest BCUT2D eigenvalue weighted by Crippen LogP contribution is -2.32. The SMILES string of the molecule is CC1CCOCC1.CC1CCOCC1.CCC(=O)C1C(=O)c2ccc(C(=O)c3ccc4c(c3)C(=O)C(C(=O)CC)[N+]4=O)cc2C1=O. The minimum atomic E-state index is -1.45. The lowest BCUT2D eigenvalue weighted by atomic mass is 9.96. The van der Waals surface area contributed by atoms with Crippen LogP contribution in [0.3, 0.4) is 0 Å². The normalized spacial score (nSPS) is 21.0. The third kappa shape index (κ3) is 7.50. The monoisotopic (exact) mass is 632 g/mol. The first-order chi connectivity index (χ1) is 22.0. The van der Waals surface area contributed by atoms with Crippen molar-refractivity contribution in [3.05, 3.63) is 69.1 Å². The highest BCUT2D eigenvalue weighted by Gasteiger charge is 2.51. The summed E-state index contributed by atoms with van der Waals surface area (Å²) in [5.41, 5.74) is 0.315. The van der Waals surface area contributed by atoms with E-state index in [1.165, 1.54) is 62.1 Å². The average molecular weight is 633 g/mol. The summed E-state index contributed by atoms with van der Waals surface area (Å²) < 4.78 is 10.6. The molecule has 2 aromatic carbocycles. The maximum absolute atomic E-state index is 13.0. The van der Waals surface area contributed by atoms with Gasteiger partial charge in [-0.3, -0.25) is 28.8 Å². The van der Waals surface area contributed by atoms with E-state index in [4.69, 9.17) is 9.47 Å². The number of benzene rings is 2. The third-order valence-electron chi connectivity index (χ3n) is 8.93. The molecular formula is C36H42NO9+. The molecule has 0 radical (unpaired) electrons. The quantitative estimate of drug-likeness (QED) is 0.222. The van der Waals surface area contributed by atoms with Crippen molar-refractivity contribution in [3.63, 3.8) is 0 Å². The van der Waals surface area contributed by atoms with Gasteiger partial charge in [0, 0.05) is 72.5 Å². The molecule has 0 N–H and O–H groups in total. The van der Waals surface area contributed by atoms with Gasteiger partial charge in [0.1, 0.15) is 11.5 Å². The van der Waals surface area contributed by atoms with E-state index in [0.29, 0.717) is 4.76 Å². The van der Waals surface area contributed by atoms with Gasteiger partial charge in [-0.2, -0.15) is 0 Å². The molecule has 244 valence electrons. The van der Waals surface area contributed by atoms with E-state index in [1.807, 2.05) is 0 Å². The lowest BCUT2D eigenvalue weighted by Gasteiger charge is -2.16. The van der Waals surface area contributed by atoms with Crippen molar-refractivity contribution >= 4 is 40.4 Å². The molecule has 0 amide bonds. The number of Topliss-reactive ketones (excluding diaryl/α,β-unsaturated/α-hetero) is 5. The maximum atomic E-state index is 13.0. The van der Waals surface area contributed by atoms with Gasteiger partial charge in [0.15, 0.2) is 23.1 Å². The van der Waals surface area contributed by atoms with Crippen molar-refractivity contribution in [3.8, 4) is 0 Å². The topological polar surface area (TPSA) is 141 Å². The van der Waals surface area contributed by atoms with Crippen LogP contribution in [0.5, 0.6) is 0 Å². The lowest BCUT2D eigenvalue weighted by molar-refractivity contribution is -0.468. The zero-order valence-corrected chi connectivity index (χ0v) is 27.0. The summed E-state index contributed by atoms with van der Waals surface area (Å²) in [6, 6.07) is 6.49. The van der Waals surface area contributed by atoms with Gasteiger partial charge < -0.3 is 9.47 Å². The molecule has 6 rings (SSSR count). The van der Waals surface area contributed by atoms with E-state index in [9.17, 15) is 33.7 Å². The first kappa shape index (κ1) is 34.8. The number of carbonyl (C=O) groups is 6. The highest BCUT2D eigenvalue weighted by Crippen LogP contribution is 2.33. The number of rotatable bonds is 6. The van der Waals surface area contributed by atoms with Crippen LogP contribution >= 0.6 is 0 Å². The smallest absolute Gasteiger partial charge is 0.327 e. The van der Waals surface area contributed by atoms with E-state index >= 15 is 0 Å². The van der Waals surface area contributed by atoms with Crippen LogP contribution in [0.25, 0.3) is 0 Å². The Labute approximate surface area is 268 Å². The fourth-order valence-corrected chi connectivity index (χ4v) is 5.76. The Bertz CT molecular complexity index is 1430. The molecule has 2 unspecified atom stereocenters. The second-order valence-corrected chi connectivity index (χ2v) is 12.3. The summed E-state index contributed by atoms with van der Waals surface area (Å²) in [5, 5.41) is 0. The number of carbonyl (C=O) groups excluding carboxylic acids is 6. The first-order valence-electron chi connectivity index (χ1n) is 16.1. The standard InChI is InChI=1S/C24H18NO7.2C6H12O/c1-3-17(26)19-22(29)13-7-5-11(9-14(13)23(19)30)21(28)12-6-8-16-15(10-12)24(31)20(25(16)32)18(27)4-2;2*1-6-2-4-7-5-3-6/h5-10,19-20H,3-4H2,1-2H3;2*6H,2-5H2,1H3/q+1;;. The summed E-state index contributed by atoms with van der Waals surface area (Å²) in [6.07, 6.45) is 5.13. The van der Waals surface area contributed by atoms with Crippen LogP contribution in [0.15, 0.2) is 36.4 Å². The molecule has 10 nitrogen and oxygen atoms in total. The molecule has 10 heteroatoms. The zero-order chi connectivity index (χ0) is 33.5. The molecule has 0 spiro atoms. The summed E-state index contributed by atoms with van der Waals surface area (Å²) >= 11 is 0. The molecule has 2 fully saturated rings. The molecule has 2 atom stereocenters. The molecule has 4 aliphatic rings. The van der Waals surface area contributed by atoms with E-state index in [1.54, 1.807) is 13.8 Å². The second kappa shape index (κ2) is 15.5. The summed E-state index contributed by atoms with van der Waals surface area (Å²) in [4.78, 5) is 87.0. The summed E-state index contributed by atoms with van der Waals surface area (Å²) in [5.74, 6) is -2.91. The molecule has 3 heterocycles. The Balaban J connectivity index is 0.000000280. The van der Waals surface area contributed by atoms with Gasteiger partial charge >= 0.3 is 6.04 Å². The average Bonchev–Trinajstić information content (AvgIpc) is 3.48. The van der Waals surface area contributed by atoms with Crippen molar-refractivity contribution in [2.75, 3.05) is 26.4 Å². The zero-order valence-electron chi connectivity index (χ0n) is 27.0. The van der Waals surface area contributed by atoms with Crippen molar-refractivity contribution in [1.29, 1.82) is 0 Å². The van der Waals surface area contributed by atoms with Crippen LogP contribution < -0.4 is 0 Å². The number of nitrogens with zero attached hydrogens (tertiary/aromatic N) is 1. The van der Waals surface area contributed by atoms with E-state index in [-0.39, 0.29) is 46.3 Å². The first-order valence-corrected chi connectivity index (χ1v) is 16.1. The number of hydrogen-bond donors (Lipinski definition) is 0. The molecule has 46 heavy (non-hydrogen) atoms. The van der Waals surface area contributed by atoms with Crippen LogP contribution in [0.2, 0.25) is 0 Å². The van der Waals surface area contributed by atoms with Gasteiger partial charge in [-0.15, -0.1) is 0 Å². The Morgan fingerprint density at radius 3 is 1.63 bits per heavy atom. The molecule has 0 saturated carbocycles. The number of hydrogen-bond acceptors (Lipinski definition) is 9. The van der Waals surface area contributed by atoms with E-state index in [2.05, 4.69) is 13.8 Å². The minimum absolute atomic E-state index is 0.0151. The molecule has 1 aliphatic carbocycles. The molecule has 3 aliphatic heterocycles. The van der Waals surface area contributed by atoms with Crippen molar-refractivity contribution in [2.45, 2.75) is 72.3 Å². The Morgan fingerprint density at radius 2 is 1.15 bits per heavy atom. The van der Waals surface area contributed by atoms with Crippen LogP contribution in [-0.2, 0) is 19.1 Å². The number of ketones is 6. The second-order valence-electron chi connectivity index (χ2n) is 12.3. The minimum Gasteiger partial charge on any atom is -0.381 e. The maximum Gasteiger partial charge on any atom is 0.327 e. The van der Waals surface area contributed by atoms with Crippen molar-refractivity contribution in [1.82, 2.24) is 0 Å². The van der Waals surface area contributed by atoms with Crippen LogP contribution in [0, 0.1) is 22.7 Å². The highest BCUT2D eigenvalue weighted by molar-refractivity contribution is 6.36. The van der Waals surface area contributed by atoms with Gasteiger partial charge in [0.25, 0.3) is 5.69 Å². The van der Waals surface area contributed by atoms with Gasteiger partial charge in [-0.1, -0.05) is 33.8 Å². The number of ether oxygens (including phenoxy) is 2. The van der Waals surface area contributed by atoms with Crippen LogP contribution in [-0.4, -0.2) is 71.9 Å². The Kier molecular flexibility index (Phi) is 11.8. The third-order valence-corrected chi connectivity index (χ3v) is 8.93. The van der Waals surface area contributed by atoms with Crippen LogP contribution in [0.1, 0.15) is 113 Å². The largest absolute Gasteiger partial charge is 0.381 e. The fraction of sp³-hybridized carbons (Fsp3) is 0.500. The van der Waals surface area contributed by atoms with E-state index < -0.39 is 46.7 Å². The van der Waals surface area contributed by atoms with E-state index in [0.717, 1.165) is 38.3 Å². The van der Waals surface area contributed by atoms with Crippen molar-refractivity contribution < 1.29 is 43.0 Å². The van der Waals surface area contributed by atoms with Gasteiger partial charge in [0.2, 0.25) is 11.6 Å². The van der Waals surface area contributed by atoms with Gasteiger partial charge in [-0.25, -0.2) is 0 Å². The summed E-state index contributed by atoms with van der Waals surface area (Å²) in [6.45, 7) is 11.6. The van der Waals surface area contributed by atoms with Gasteiger partial charge in [0.05, 0.1) is 4.76 Å². The number of nitroso groups, excluding NO2 is 1. The summed E-state index contributed by atoms with van der Waals surface area (Å²) in [7, 11) is 0. The predicted molar refractivity (Wildman–Crippen MR) is 169 cm³/mol. The number of fused-ring (bicyclic) bond motifs is 2. The molecule has 0 aromatic heterocycles. The molecular weight excluding hydrogens is 590 g/mol. The van der Waals surface area contributed by atoms with Gasteiger partial charge in [-0.05, 0) is 61.8 Å². The molecule has 2 aromatic rings.